The van der Waals surface area contributed by atoms with Gasteiger partial charge in [0.05, 0.1) is 19.7 Å². The number of carbonyl (C=O) groups excluding carboxylic acids is 1. The molecule has 0 spiro atoms. The van der Waals surface area contributed by atoms with Crippen molar-refractivity contribution in [2.24, 2.45) is 0 Å². The maximum Gasteiger partial charge on any atom is 0.287 e. The van der Waals surface area contributed by atoms with Gasteiger partial charge in [-0.25, -0.2) is 4.98 Å². The Morgan fingerprint density at radius 2 is 1.85 bits per heavy atom. The number of fused-ring (bicyclic) bond motifs is 2. The molecule has 0 atom stereocenters. The lowest BCUT2D eigenvalue weighted by Gasteiger charge is -2.18. The molecule has 0 fully saturated rings. The van der Waals surface area contributed by atoms with E-state index in [4.69, 9.17) is 19.6 Å². The van der Waals surface area contributed by atoms with Crippen LogP contribution in [0, 0.1) is 0 Å². The highest BCUT2D eigenvalue weighted by Crippen LogP contribution is 2.34. The van der Waals surface area contributed by atoms with Crippen molar-refractivity contribution < 1.29 is 18.7 Å². The number of ether oxygens (including phenoxy) is 2. The summed E-state index contributed by atoms with van der Waals surface area (Å²) in [6.07, 6.45) is 0.690. The van der Waals surface area contributed by atoms with Crippen molar-refractivity contribution in [3.05, 3.63) is 48.2 Å². The molecular weight excluding hydrogens is 446 g/mol. The Balaban J connectivity index is 0.00000306. The van der Waals surface area contributed by atoms with Crippen LogP contribution in [0.2, 0.25) is 0 Å². The van der Waals surface area contributed by atoms with Crippen molar-refractivity contribution >= 4 is 52.0 Å². The Hall–Kier alpha value is -3.72. The van der Waals surface area contributed by atoms with E-state index < -0.39 is 0 Å². The molecule has 2 aromatic heterocycles. The minimum absolute atomic E-state index is 0. The summed E-state index contributed by atoms with van der Waals surface area (Å²) in [7, 11) is 5.01. The monoisotopic (exact) mass is 471 g/mol. The fraction of sp³-hybridized carbons (Fsp3) is 0.261. The molecule has 0 aliphatic heterocycles. The predicted molar refractivity (Wildman–Crippen MR) is 131 cm³/mol. The molecule has 33 heavy (non-hydrogen) atoms. The lowest BCUT2D eigenvalue weighted by molar-refractivity contribution is 0.0928. The van der Waals surface area contributed by atoms with Crippen molar-refractivity contribution in [1.82, 2.24) is 15.3 Å². The average Bonchev–Trinajstić information content (AvgIpc) is 3.25. The summed E-state index contributed by atoms with van der Waals surface area (Å²) in [6, 6.07) is 12.8. The number of nitrogens with one attached hydrogen (secondary N) is 1. The molecule has 2 aromatic carbocycles. The number of rotatable bonds is 8. The SMILES string of the molecule is COc1cc2nc(N(C)CCCNC(=O)c3cc4ccccc4o3)nc(N)c2cc1OC.Cl. The Morgan fingerprint density at radius 3 is 2.58 bits per heavy atom. The van der Waals surface area contributed by atoms with Gasteiger partial charge in [0.15, 0.2) is 17.3 Å². The van der Waals surface area contributed by atoms with E-state index >= 15 is 0 Å². The molecule has 9 nitrogen and oxygen atoms in total. The van der Waals surface area contributed by atoms with E-state index in [1.54, 1.807) is 32.4 Å². The van der Waals surface area contributed by atoms with Crippen LogP contribution in [0.15, 0.2) is 46.9 Å². The number of amides is 1. The minimum atomic E-state index is -0.240. The summed E-state index contributed by atoms with van der Waals surface area (Å²) in [5.74, 6) is 2.05. The third-order valence-electron chi connectivity index (χ3n) is 5.17. The molecule has 2 heterocycles. The molecule has 3 N–H and O–H groups in total. The number of hydrogen-bond acceptors (Lipinski definition) is 8. The number of para-hydroxylation sites is 1. The quantitative estimate of drug-likeness (QED) is 0.374. The Kier molecular flexibility index (Phi) is 7.44. The number of nitrogen functional groups attached to an aromatic ring is 1. The molecule has 10 heteroatoms. The summed E-state index contributed by atoms with van der Waals surface area (Å²) < 4.78 is 16.3. The summed E-state index contributed by atoms with van der Waals surface area (Å²) >= 11 is 0. The van der Waals surface area contributed by atoms with Crippen molar-refractivity contribution in [1.29, 1.82) is 0 Å². The largest absolute Gasteiger partial charge is 0.493 e. The standard InChI is InChI=1S/C23H25N5O4.ClH/c1-28(10-6-9-25-22(29)20-11-14-7-4-5-8-17(14)32-20)23-26-16-13-19(31-3)18(30-2)12-15(16)21(24)27-23;/h4-5,7-8,11-13H,6,9-10H2,1-3H3,(H,25,29)(H2,24,26,27);1H. The molecule has 0 bridgehead atoms. The van der Waals surface area contributed by atoms with E-state index in [9.17, 15) is 4.79 Å². The number of aromatic nitrogens is 2. The normalized spacial score (nSPS) is 10.6. The van der Waals surface area contributed by atoms with Gasteiger partial charge < -0.3 is 29.8 Å². The van der Waals surface area contributed by atoms with E-state index in [-0.39, 0.29) is 18.3 Å². The van der Waals surface area contributed by atoms with Crippen LogP contribution in [-0.4, -0.2) is 50.2 Å². The van der Waals surface area contributed by atoms with Gasteiger partial charge in [0.2, 0.25) is 5.95 Å². The van der Waals surface area contributed by atoms with Crippen LogP contribution in [0.5, 0.6) is 11.5 Å². The molecular formula is C23H26ClN5O4. The maximum absolute atomic E-state index is 12.4. The van der Waals surface area contributed by atoms with Gasteiger partial charge in [-0.2, -0.15) is 4.98 Å². The zero-order chi connectivity index (χ0) is 22.7. The smallest absolute Gasteiger partial charge is 0.287 e. The second-order valence-electron chi connectivity index (χ2n) is 7.31. The molecule has 1 amide bonds. The second-order valence-corrected chi connectivity index (χ2v) is 7.31. The first kappa shape index (κ1) is 23.9. The first-order valence-corrected chi connectivity index (χ1v) is 10.2. The van der Waals surface area contributed by atoms with Gasteiger partial charge in [0.1, 0.15) is 11.4 Å². The zero-order valence-electron chi connectivity index (χ0n) is 18.6. The summed E-state index contributed by atoms with van der Waals surface area (Å²) in [5.41, 5.74) is 7.51. The Bertz CT molecular complexity index is 1240. The van der Waals surface area contributed by atoms with Gasteiger partial charge in [-0.05, 0) is 24.6 Å². The number of anilines is 2. The van der Waals surface area contributed by atoms with Crippen molar-refractivity contribution in [3.8, 4) is 11.5 Å². The maximum atomic E-state index is 12.4. The van der Waals surface area contributed by atoms with Gasteiger partial charge >= 0.3 is 0 Å². The predicted octanol–water partition coefficient (Wildman–Crippen LogP) is 3.65. The first-order chi connectivity index (χ1) is 15.5. The molecule has 0 saturated heterocycles. The topological polar surface area (TPSA) is 116 Å². The average molecular weight is 472 g/mol. The van der Waals surface area contributed by atoms with Crippen molar-refractivity contribution in [2.45, 2.75) is 6.42 Å². The lowest BCUT2D eigenvalue weighted by Crippen LogP contribution is -2.28. The summed E-state index contributed by atoms with van der Waals surface area (Å²) in [6.45, 7) is 1.10. The van der Waals surface area contributed by atoms with Crippen LogP contribution in [0.25, 0.3) is 21.9 Å². The summed E-state index contributed by atoms with van der Waals surface area (Å²) in [5, 5.41) is 4.47. The highest BCUT2D eigenvalue weighted by Gasteiger charge is 2.14. The van der Waals surface area contributed by atoms with Gasteiger partial charge in [0, 0.05) is 37.0 Å². The van der Waals surface area contributed by atoms with Crippen LogP contribution >= 0.6 is 12.4 Å². The highest BCUT2D eigenvalue weighted by atomic mass is 35.5. The number of furan rings is 1. The zero-order valence-corrected chi connectivity index (χ0v) is 19.4. The fourth-order valence-electron chi connectivity index (χ4n) is 3.44. The van der Waals surface area contributed by atoms with E-state index in [0.29, 0.717) is 65.0 Å². The van der Waals surface area contributed by atoms with Gasteiger partial charge in [-0.3, -0.25) is 4.79 Å². The van der Waals surface area contributed by atoms with Gasteiger partial charge in [-0.1, -0.05) is 18.2 Å². The lowest BCUT2D eigenvalue weighted by atomic mass is 10.2. The van der Waals surface area contributed by atoms with Crippen molar-refractivity contribution in [3.63, 3.8) is 0 Å². The Morgan fingerprint density at radius 1 is 1.12 bits per heavy atom. The van der Waals surface area contributed by atoms with E-state index in [0.717, 1.165) is 5.39 Å². The van der Waals surface area contributed by atoms with Crippen LogP contribution < -0.4 is 25.4 Å². The van der Waals surface area contributed by atoms with Crippen LogP contribution in [-0.2, 0) is 0 Å². The van der Waals surface area contributed by atoms with Crippen LogP contribution in [0.3, 0.4) is 0 Å². The fourth-order valence-corrected chi connectivity index (χ4v) is 3.44. The second kappa shape index (κ2) is 10.3. The molecule has 0 unspecified atom stereocenters. The molecule has 4 aromatic rings. The molecule has 174 valence electrons. The van der Waals surface area contributed by atoms with Gasteiger partial charge in [-0.15, -0.1) is 12.4 Å². The minimum Gasteiger partial charge on any atom is -0.493 e. The first-order valence-electron chi connectivity index (χ1n) is 10.2. The van der Waals surface area contributed by atoms with Gasteiger partial charge in [0.25, 0.3) is 5.91 Å². The molecule has 0 saturated carbocycles. The van der Waals surface area contributed by atoms with E-state index in [1.165, 1.54) is 0 Å². The molecule has 4 rings (SSSR count). The number of nitrogens with zero attached hydrogens (tertiary/aromatic N) is 3. The number of halogens is 1. The third kappa shape index (κ3) is 5.04. The van der Waals surface area contributed by atoms with Crippen molar-refractivity contribution in [2.75, 3.05) is 45.0 Å². The number of methoxy groups -OCH3 is 2. The van der Waals surface area contributed by atoms with E-state index in [1.807, 2.05) is 36.2 Å². The van der Waals surface area contributed by atoms with Crippen LogP contribution in [0.1, 0.15) is 17.0 Å². The third-order valence-corrected chi connectivity index (χ3v) is 5.17. The number of hydrogen-bond donors (Lipinski definition) is 2. The van der Waals surface area contributed by atoms with E-state index in [2.05, 4.69) is 15.3 Å². The Labute approximate surface area is 197 Å². The molecule has 0 aliphatic carbocycles. The number of carbonyl (C=O) groups is 1. The molecule has 0 radical (unpaired) electrons. The summed E-state index contributed by atoms with van der Waals surface area (Å²) in [4.78, 5) is 23.3. The molecule has 0 aliphatic rings. The van der Waals surface area contributed by atoms with Crippen LogP contribution in [0.4, 0.5) is 11.8 Å². The highest BCUT2D eigenvalue weighted by molar-refractivity contribution is 5.96. The number of benzene rings is 2. The number of nitrogens with two attached hydrogens (primary N) is 1.